The van der Waals surface area contributed by atoms with Crippen molar-refractivity contribution >= 4 is 64.7 Å². The predicted molar refractivity (Wildman–Crippen MR) is 333 cm³/mol. The van der Waals surface area contributed by atoms with E-state index in [1.54, 1.807) is 38.1 Å². The van der Waals surface area contributed by atoms with Crippen molar-refractivity contribution in [2.24, 2.45) is 35.0 Å². The number of hydrogen-bond acceptors (Lipinski definition) is 16. The van der Waals surface area contributed by atoms with Gasteiger partial charge in [0.25, 0.3) is 17.7 Å². The lowest BCUT2D eigenvalue weighted by Gasteiger charge is -2.41. The Morgan fingerprint density at radius 1 is 0.787 bits per heavy atom. The van der Waals surface area contributed by atoms with Crippen molar-refractivity contribution in [2.75, 3.05) is 67.6 Å². The van der Waals surface area contributed by atoms with Gasteiger partial charge in [0.2, 0.25) is 23.6 Å². The Labute approximate surface area is 527 Å². The number of esters is 1. The quantitative estimate of drug-likeness (QED) is 0.0426. The Morgan fingerprint density at radius 2 is 1.47 bits per heavy atom. The Kier molecular flexibility index (Phi) is 28.8. The van der Waals surface area contributed by atoms with Gasteiger partial charge in [0.1, 0.15) is 17.9 Å². The summed E-state index contributed by atoms with van der Waals surface area (Å²) in [5.74, 6) is -5.73. The predicted octanol–water partition coefficient (Wildman–Crippen LogP) is 6.17. The highest BCUT2D eigenvalue weighted by atomic mass is 16.7. The first-order valence-electron chi connectivity index (χ1n) is 32.4. The molecular formula is C67H103N7O15. The molecule has 1 saturated carbocycles. The smallest absolute Gasteiger partial charge is 0.306 e. The number of unbranched alkanes of at least 4 members (excludes halogenated alkanes) is 2. The minimum absolute atomic E-state index is 0.0241. The van der Waals surface area contributed by atoms with Crippen molar-refractivity contribution in [3.63, 3.8) is 0 Å². The molecule has 0 bridgehead atoms. The summed E-state index contributed by atoms with van der Waals surface area (Å²) in [6.45, 7) is 17.8. The molecule has 3 aliphatic heterocycles. The third-order valence-electron chi connectivity index (χ3n) is 18.8. The van der Waals surface area contributed by atoms with Gasteiger partial charge in [0, 0.05) is 97.5 Å². The molecule has 1 aromatic carbocycles. The van der Waals surface area contributed by atoms with Gasteiger partial charge in [0.05, 0.1) is 55.3 Å². The lowest BCUT2D eigenvalue weighted by Crippen LogP contribution is -2.54. The second kappa shape index (κ2) is 34.8. The van der Waals surface area contributed by atoms with Crippen molar-refractivity contribution in [2.45, 2.75) is 207 Å². The molecule has 1 aliphatic carbocycles. The van der Waals surface area contributed by atoms with E-state index in [4.69, 9.17) is 19.0 Å². The first-order valence-corrected chi connectivity index (χ1v) is 32.4. The minimum Gasteiger partial charge on any atom is -0.460 e. The van der Waals surface area contributed by atoms with E-state index in [9.17, 15) is 52.7 Å². The van der Waals surface area contributed by atoms with E-state index in [0.717, 1.165) is 23.3 Å². The van der Waals surface area contributed by atoms with Gasteiger partial charge in [-0.1, -0.05) is 91.6 Å². The van der Waals surface area contributed by atoms with Crippen LogP contribution in [0.2, 0.25) is 0 Å². The number of Topliss-reactive ketones (excluding diaryl/α,β-unsaturated/α-hetero) is 3. The fourth-order valence-electron chi connectivity index (χ4n) is 13.5. The van der Waals surface area contributed by atoms with Crippen LogP contribution in [0.15, 0.2) is 42.5 Å². The molecular weight excluding hydrogens is 1140 g/mol. The molecule has 0 unspecified atom stereocenters. The molecule has 0 spiro atoms. The van der Waals surface area contributed by atoms with Crippen LogP contribution >= 0.6 is 0 Å². The Balaban J connectivity index is 1.15. The van der Waals surface area contributed by atoms with Crippen LogP contribution in [0.4, 0.5) is 0 Å². The van der Waals surface area contributed by atoms with E-state index in [-0.39, 0.29) is 110 Å². The maximum absolute atomic E-state index is 14.9. The number of likely N-dealkylation sites (N-methyl/N-ethyl adjacent to an activating group) is 2. The monoisotopic (exact) mass is 1250 g/mol. The average molecular weight is 1250 g/mol. The van der Waals surface area contributed by atoms with Crippen molar-refractivity contribution < 1.29 is 71.8 Å². The van der Waals surface area contributed by atoms with Crippen LogP contribution in [-0.2, 0) is 71.8 Å². The number of imide groups is 1. The van der Waals surface area contributed by atoms with E-state index in [1.807, 2.05) is 83.7 Å². The average Bonchev–Trinajstić information content (AvgIpc) is 1.62. The standard InChI is InChI=1S/C67H103N7O15/c1-14-44(6)63(55(86-12)38-59(82)72-34-23-27-51(72)64(87-13)45(7)53(77)40-67(66(85)74-35-21-22-36-88-74)39-50(67)48-25-17-15-18-26-48)71(11)65(84)49(42(2)3)37-52(76)62(43(4)5)70(10)32-24-29-60(83)89-46(8)61(69-47(9)75)54(78)41-68-56(79)28-19-16-20-33-73-57(80)30-31-58(73)81/h15,17-18,25-26,30-31,42-46,49-51,55,61-64H,14,16,19-24,27-29,32-41H2,1-13H3,(H,68,79)(H,69,75)/t44-,45-,46+,49-,50+,51-,55+,61-,62-,63-,64+,67-/m0/s1. The molecule has 5 rings (SSSR count). The number of benzene rings is 1. The number of likely N-dealkylation sites (tertiary alicyclic amines) is 1. The number of rotatable bonds is 38. The summed E-state index contributed by atoms with van der Waals surface area (Å²) >= 11 is 0. The number of carbonyl (C=O) groups excluding carboxylic acids is 11. The van der Waals surface area contributed by atoms with Crippen LogP contribution in [0.5, 0.6) is 0 Å². The summed E-state index contributed by atoms with van der Waals surface area (Å²) in [5.41, 5.74) is 0.0737. The molecule has 3 heterocycles. The van der Waals surface area contributed by atoms with Gasteiger partial charge in [-0.3, -0.25) is 67.4 Å². The van der Waals surface area contributed by atoms with Crippen molar-refractivity contribution in [1.82, 2.24) is 35.3 Å². The molecule has 4 aliphatic rings. The zero-order chi connectivity index (χ0) is 65.9. The van der Waals surface area contributed by atoms with Gasteiger partial charge in [-0.25, -0.2) is 5.06 Å². The Bertz CT molecular complexity index is 2630. The van der Waals surface area contributed by atoms with Crippen LogP contribution in [0.1, 0.15) is 170 Å². The molecule has 22 heteroatoms. The fraction of sp³-hybridized carbons (Fsp3) is 0.716. The molecule has 3 fully saturated rings. The van der Waals surface area contributed by atoms with Gasteiger partial charge >= 0.3 is 5.97 Å². The molecule has 7 amide bonds. The third-order valence-corrected chi connectivity index (χ3v) is 18.8. The number of hydroxylamine groups is 2. The molecule has 496 valence electrons. The number of nitrogens with zero attached hydrogens (tertiary/aromatic N) is 5. The number of ketones is 3. The first kappa shape index (κ1) is 73.5. The molecule has 1 aromatic rings. The van der Waals surface area contributed by atoms with Crippen molar-refractivity contribution in [3.05, 3.63) is 48.0 Å². The maximum atomic E-state index is 14.9. The van der Waals surface area contributed by atoms with E-state index in [0.29, 0.717) is 71.2 Å². The summed E-state index contributed by atoms with van der Waals surface area (Å²) in [6, 6.07) is 7.00. The normalized spacial score (nSPS) is 21.4. The number of carbonyl (C=O) groups is 11. The molecule has 22 nitrogen and oxygen atoms in total. The SMILES string of the molecule is CC[C@H](C)[C@@H]([C@@H](CC(=O)N1CCC[C@H]1[C@H](OC)[C@@H](C)C(=O)C[C@@]1(C(=O)N2CCCCO2)C[C@@H]1c1ccccc1)OC)N(C)C(=O)[C@@H](CC(=O)[C@H](C(C)C)N(C)CCCC(=O)O[C@H](C)[C@H](NC(C)=O)C(=O)CNC(=O)CCCCCN1C(=O)C=CC1=O)C(C)C. The zero-order valence-electron chi connectivity index (χ0n) is 55.3. The topological polar surface area (TPSA) is 265 Å². The maximum Gasteiger partial charge on any atom is 0.306 e. The van der Waals surface area contributed by atoms with Crippen LogP contribution in [0.25, 0.3) is 0 Å². The lowest BCUT2D eigenvalue weighted by atomic mass is 9.83. The summed E-state index contributed by atoms with van der Waals surface area (Å²) in [6.07, 6.45) is 5.96. The summed E-state index contributed by atoms with van der Waals surface area (Å²) in [4.78, 5) is 160. The fourth-order valence-corrected chi connectivity index (χ4v) is 13.5. The highest BCUT2D eigenvalue weighted by Crippen LogP contribution is 2.63. The second-order valence-electron chi connectivity index (χ2n) is 25.9. The van der Waals surface area contributed by atoms with Gasteiger partial charge in [0.15, 0.2) is 11.6 Å². The van der Waals surface area contributed by atoms with Gasteiger partial charge in [-0.15, -0.1) is 0 Å². The molecule has 0 aromatic heterocycles. The number of nitrogens with one attached hydrogen (secondary N) is 2. The Hall–Kier alpha value is -6.23. The van der Waals surface area contributed by atoms with E-state index in [1.165, 1.54) is 31.1 Å². The molecule has 2 saturated heterocycles. The number of methoxy groups -OCH3 is 2. The van der Waals surface area contributed by atoms with Crippen LogP contribution in [-0.4, -0.2) is 199 Å². The van der Waals surface area contributed by atoms with Crippen LogP contribution in [0, 0.1) is 35.0 Å². The summed E-state index contributed by atoms with van der Waals surface area (Å²) in [7, 11) is 6.61. The molecule has 12 atom stereocenters. The molecule has 0 radical (unpaired) electrons. The molecule has 89 heavy (non-hydrogen) atoms. The van der Waals surface area contributed by atoms with Crippen LogP contribution in [0.3, 0.4) is 0 Å². The molecule has 2 N–H and O–H groups in total. The van der Waals surface area contributed by atoms with Gasteiger partial charge in [-0.2, -0.15) is 0 Å². The number of amides is 7. The van der Waals surface area contributed by atoms with E-state index in [2.05, 4.69) is 10.6 Å². The van der Waals surface area contributed by atoms with Crippen molar-refractivity contribution in [3.8, 4) is 0 Å². The summed E-state index contributed by atoms with van der Waals surface area (Å²) < 4.78 is 17.9. The number of ether oxygens (including phenoxy) is 3. The highest BCUT2D eigenvalue weighted by molar-refractivity contribution is 6.12. The largest absolute Gasteiger partial charge is 0.460 e. The summed E-state index contributed by atoms with van der Waals surface area (Å²) in [5, 5.41) is 6.54. The first-order chi connectivity index (χ1) is 42.2. The minimum atomic E-state index is -1.24. The van der Waals surface area contributed by atoms with E-state index >= 15 is 0 Å². The Morgan fingerprint density at radius 3 is 2.07 bits per heavy atom. The lowest BCUT2D eigenvalue weighted by molar-refractivity contribution is -0.203. The number of hydrogen-bond donors (Lipinski definition) is 2. The van der Waals surface area contributed by atoms with E-state index < -0.39 is 89.8 Å². The van der Waals surface area contributed by atoms with Gasteiger partial charge in [-0.05, 0) is 101 Å². The van der Waals surface area contributed by atoms with Crippen LogP contribution < -0.4 is 10.6 Å². The van der Waals surface area contributed by atoms with Crippen molar-refractivity contribution in [1.29, 1.82) is 0 Å². The second-order valence-corrected chi connectivity index (χ2v) is 25.9. The third kappa shape index (κ3) is 19.9. The zero-order valence-corrected chi connectivity index (χ0v) is 55.3. The highest BCUT2D eigenvalue weighted by Gasteiger charge is 2.63. The van der Waals surface area contributed by atoms with Gasteiger partial charge < -0.3 is 34.6 Å².